The third kappa shape index (κ3) is 5.29. The van der Waals surface area contributed by atoms with Gasteiger partial charge < -0.3 is 13.6 Å². The molecule has 0 aliphatic heterocycles. The van der Waals surface area contributed by atoms with Crippen LogP contribution in [-0.4, -0.2) is 9.13 Å². The van der Waals surface area contributed by atoms with Crippen LogP contribution in [0.3, 0.4) is 0 Å². The topological polar surface area (TPSA) is 23.0 Å². The summed E-state index contributed by atoms with van der Waals surface area (Å²) in [4.78, 5) is 0. The Bertz CT molecular complexity index is 3560. The molecular weight excluding hydrogens is 717 g/mol. The highest BCUT2D eigenvalue weighted by atomic mass is 16.3. The molecule has 0 saturated carbocycles. The Hall–Kier alpha value is -7.88. The summed E-state index contributed by atoms with van der Waals surface area (Å²) in [6.45, 7) is 4.13. The predicted molar refractivity (Wildman–Crippen MR) is 249 cm³/mol. The van der Waals surface area contributed by atoms with Crippen LogP contribution >= 0.6 is 0 Å². The lowest BCUT2D eigenvalue weighted by atomic mass is 9.98. The SMILES string of the molecule is C=Cc1ccc2c(c1)c1cc(-c3ccc4c(c3)c3ccccc3n4-c3ccc4oc5ccccc5c4c3)ccc1n2-c1cc(-c2ccccc2)cc(-c2ccccc2)c1. The number of aromatic nitrogens is 2. The summed E-state index contributed by atoms with van der Waals surface area (Å²) in [5.74, 6) is 0. The Morgan fingerprint density at radius 1 is 0.322 bits per heavy atom. The van der Waals surface area contributed by atoms with Gasteiger partial charge in [-0.1, -0.05) is 128 Å². The molecule has 0 aliphatic carbocycles. The van der Waals surface area contributed by atoms with E-state index in [0.29, 0.717) is 0 Å². The lowest BCUT2D eigenvalue weighted by Gasteiger charge is -2.14. The Balaban J connectivity index is 1.04. The van der Waals surface area contributed by atoms with Gasteiger partial charge in [-0.15, -0.1) is 0 Å². The number of furan rings is 1. The molecule has 3 heteroatoms. The van der Waals surface area contributed by atoms with Crippen molar-refractivity contribution in [2.75, 3.05) is 0 Å². The van der Waals surface area contributed by atoms with Crippen LogP contribution in [0.25, 0.3) is 116 Å². The molecule has 276 valence electrons. The van der Waals surface area contributed by atoms with Crippen LogP contribution in [0.1, 0.15) is 5.56 Å². The molecule has 0 saturated heterocycles. The summed E-state index contributed by atoms with van der Waals surface area (Å²) >= 11 is 0. The van der Waals surface area contributed by atoms with E-state index >= 15 is 0 Å². The fourth-order valence-electron chi connectivity index (χ4n) is 9.24. The molecule has 59 heavy (non-hydrogen) atoms. The molecule has 3 nitrogen and oxygen atoms in total. The number of para-hydroxylation sites is 2. The van der Waals surface area contributed by atoms with Crippen molar-refractivity contribution >= 4 is 71.6 Å². The molecule has 3 heterocycles. The van der Waals surface area contributed by atoms with E-state index in [1.54, 1.807) is 0 Å². The van der Waals surface area contributed by atoms with Crippen molar-refractivity contribution in [2.24, 2.45) is 0 Å². The van der Waals surface area contributed by atoms with E-state index in [1.807, 2.05) is 18.2 Å². The van der Waals surface area contributed by atoms with Gasteiger partial charge >= 0.3 is 0 Å². The van der Waals surface area contributed by atoms with Crippen LogP contribution in [0.4, 0.5) is 0 Å². The van der Waals surface area contributed by atoms with Crippen LogP contribution in [0.15, 0.2) is 211 Å². The minimum absolute atomic E-state index is 0.899. The first-order valence-corrected chi connectivity index (χ1v) is 20.1. The van der Waals surface area contributed by atoms with E-state index in [-0.39, 0.29) is 0 Å². The predicted octanol–water partition coefficient (Wildman–Crippen LogP) is 15.4. The van der Waals surface area contributed by atoms with Crippen LogP contribution in [0.5, 0.6) is 0 Å². The number of fused-ring (bicyclic) bond motifs is 9. The summed E-state index contributed by atoms with van der Waals surface area (Å²) < 4.78 is 11.0. The van der Waals surface area contributed by atoms with Crippen LogP contribution in [-0.2, 0) is 0 Å². The molecule has 3 aromatic heterocycles. The van der Waals surface area contributed by atoms with E-state index in [4.69, 9.17) is 4.42 Å². The van der Waals surface area contributed by atoms with E-state index in [9.17, 15) is 0 Å². The van der Waals surface area contributed by atoms with Crippen molar-refractivity contribution in [1.82, 2.24) is 9.13 Å². The standard InChI is InChI=1S/C56H36N2O/c1-2-36-21-25-52-47(29-36)49-34-40(23-27-54(49)58(52)44-31-41(37-13-5-3-6-14-37)30-42(32-44)38-15-7-4-8-16-38)39-22-26-53-48(33-39)45-17-9-11-19-51(45)57(53)43-24-28-56-50(35-43)46-18-10-12-20-55(46)59-56/h2-35H,1H2. The molecule has 0 spiro atoms. The molecule has 0 aliphatic rings. The van der Waals surface area contributed by atoms with E-state index in [1.165, 1.54) is 66.0 Å². The van der Waals surface area contributed by atoms with Gasteiger partial charge in [-0.3, -0.25) is 0 Å². The Morgan fingerprint density at radius 2 is 0.847 bits per heavy atom. The normalized spacial score (nSPS) is 11.8. The van der Waals surface area contributed by atoms with Crippen molar-refractivity contribution in [3.8, 4) is 44.8 Å². The van der Waals surface area contributed by atoms with Crippen molar-refractivity contribution in [1.29, 1.82) is 0 Å². The van der Waals surface area contributed by atoms with Crippen LogP contribution in [0.2, 0.25) is 0 Å². The molecule has 0 atom stereocenters. The highest BCUT2D eigenvalue weighted by Gasteiger charge is 2.18. The average molecular weight is 753 g/mol. The zero-order chi connectivity index (χ0) is 39.0. The highest BCUT2D eigenvalue weighted by Crippen LogP contribution is 2.41. The van der Waals surface area contributed by atoms with Gasteiger partial charge in [-0.2, -0.15) is 0 Å². The number of rotatable bonds is 6. The molecular formula is C56H36N2O. The minimum atomic E-state index is 0.899. The Morgan fingerprint density at radius 3 is 1.53 bits per heavy atom. The zero-order valence-electron chi connectivity index (χ0n) is 32.1. The van der Waals surface area contributed by atoms with Gasteiger partial charge in [-0.25, -0.2) is 0 Å². The van der Waals surface area contributed by atoms with Gasteiger partial charge in [0.2, 0.25) is 0 Å². The van der Waals surface area contributed by atoms with Gasteiger partial charge in [0.1, 0.15) is 11.2 Å². The van der Waals surface area contributed by atoms with E-state index < -0.39 is 0 Å². The maximum Gasteiger partial charge on any atom is 0.135 e. The first kappa shape index (κ1) is 33.3. The molecule has 0 radical (unpaired) electrons. The molecule has 12 aromatic rings. The Kier molecular flexibility index (Phi) is 7.38. The van der Waals surface area contributed by atoms with E-state index in [0.717, 1.165) is 49.9 Å². The molecule has 0 bridgehead atoms. The zero-order valence-corrected chi connectivity index (χ0v) is 32.1. The second-order valence-electron chi connectivity index (χ2n) is 15.4. The molecule has 12 rings (SSSR count). The maximum absolute atomic E-state index is 6.19. The summed E-state index contributed by atoms with van der Waals surface area (Å²) in [6.07, 6.45) is 1.94. The third-order valence-electron chi connectivity index (χ3n) is 12.0. The molecule has 0 amide bonds. The van der Waals surface area contributed by atoms with E-state index in [2.05, 4.69) is 204 Å². The average Bonchev–Trinajstić information content (AvgIpc) is 3.96. The molecule has 0 N–H and O–H groups in total. The second-order valence-corrected chi connectivity index (χ2v) is 15.4. The smallest absolute Gasteiger partial charge is 0.135 e. The van der Waals surface area contributed by atoms with Gasteiger partial charge in [0.25, 0.3) is 0 Å². The van der Waals surface area contributed by atoms with Crippen molar-refractivity contribution in [3.63, 3.8) is 0 Å². The summed E-state index contributed by atoms with van der Waals surface area (Å²) in [7, 11) is 0. The monoisotopic (exact) mass is 752 g/mol. The minimum Gasteiger partial charge on any atom is -0.456 e. The summed E-state index contributed by atoms with van der Waals surface area (Å²) in [6, 6.07) is 72.4. The second kappa shape index (κ2) is 13.1. The largest absolute Gasteiger partial charge is 0.456 e. The quantitative estimate of drug-likeness (QED) is 0.166. The van der Waals surface area contributed by atoms with Crippen molar-refractivity contribution < 1.29 is 4.42 Å². The number of hydrogen-bond acceptors (Lipinski definition) is 1. The van der Waals surface area contributed by atoms with Crippen molar-refractivity contribution in [3.05, 3.63) is 212 Å². The fourth-order valence-corrected chi connectivity index (χ4v) is 9.24. The lowest BCUT2D eigenvalue weighted by Crippen LogP contribution is -1.96. The summed E-state index contributed by atoms with van der Waals surface area (Å²) in [5, 5.41) is 7.10. The Labute approximate surface area is 340 Å². The van der Waals surface area contributed by atoms with Crippen LogP contribution in [0, 0.1) is 0 Å². The van der Waals surface area contributed by atoms with Gasteiger partial charge in [0, 0.05) is 43.7 Å². The third-order valence-corrected chi connectivity index (χ3v) is 12.0. The highest BCUT2D eigenvalue weighted by molar-refractivity contribution is 6.14. The number of benzene rings is 9. The first-order valence-electron chi connectivity index (χ1n) is 20.1. The molecule has 9 aromatic carbocycles. The lowest BCUT2D eigenvalue weighted by molar-refractivity contribution is 0.669. The van der Waals surface area contributed by atoms with Gasteiger partial charge in [0.15, 0.2) is 0 Å². The van der Waals surface area contributed by atoms with Crippen molar-refractivity contribution in [2.45, 2.75) is 0 Å². The van der Waals surface area contributed by atoms with Gasteiger partial charge in [0.05, 0.1) is 22.1 Å². The number of nitrogens with zero attached hydrogens (tertiary/aromatic N) is 2. The number of hydrogen-bond donors (Lipinski definition) is 0. The molecule has 0 fully saturated rings. The van der Waals surface area contributed by atoms with Crippen LogP contribution < -0.4 is 0 Å². The maximum atomic E-state index is 6.19. The first-order chi connectivity index (χ1) is 29.2. The fraction of sp³-hybridized carbons (Fsp3) is 0. The van der Waals surface area contributed by atoms with Gasteiger partial charge in [-0.05, 0) is 124 Å². The summed E-state index contributed by atoms with van der Waals surface area (Å²) in [5.41, 5.74) is 16.9. The molecule has 0 unspecified atom stereocenters.